The molecule has 0 fully saturated rings. The fourth-order valence-electron chi connectivity index (χ4n) is 4.38. The number of esters is 3. The number of methoxy groups -OCH3 is 1. The molecule has 0 amide bonds. The molecule has 2 unspecified atom stereocenters. The van der Waals surface area contributed by atoms with Gasteiger partial charge in [-0.1, -0.05) is 41.4 Å². The number of rotatable bonds is 11. The number of carbonyl (C=O) groups excluding carboxylic acids is 3. The predicted octanol–water partition coefficient (Wildman–Crippen LogP) is 7.46. The molecule has 2 aromatic carbocycles. The van der Waals surface area contributed by atoms with Crippen molar-refractivity contribution < 1.29 is 41.2 Å². The Labute approximate surface area is 305 Å². The summed E-state index contributed by atoms with van der Waals surface area (Å²) in [5.41, 5.74) is 1.46. The van der Waals surface area contributed by atoms with Gasteiger partial charge in [-0.15, -0.1) is 0 Å². The van der Waals surface area contributed by atoms with E-state index in [0.29, 0.717) is 22.6 Å². The lowest BCUT2D eigenvalue weighted by atomic mass is 10.0. The zero-order chi connectivity index (χ0) is 38.0. The van der Waals surface area contributed by atoms with E-state index in [1.807, 2.05) is 25.1 Å². The minimum atomic E-state index is -3.57. The molecule has 50 heavy (non-hydrogen) atoms. The zero-order valence-electron chi connectivity index (χ0n) is 30.0. The van der Waals surface area contributed by atoms with Gasteiger partial charge in [0.1, 0.15) is 17.2 Å². The number of halogens is 2. The maximum Gasteiger partial charge on any atom is 0.340 e. The van der Waals surface area contributed by atoms with Crippen LogP contribution in [0.25, 0.3) is 0 Å². The fourth-order valence-corrected chi connectivity index (χ4v) is 5.55. The van der Waals surface area contributed by atoms with Gasteiger partial charge in [0, 0.05) is 24.4 Å². The lowest BCUT2D eigenvalue weighted by Gasteiger charge is -2.23. The molecule has 0 radical (unpaired) electrons. The normalized spacial score (nSPS) is 13.6. The van der Waals surface area contributed by atoms with E-state index in [1.54, 1.807) is 78.9 Å². The van der Waals surface area contributed by atoms with Gasteiger partial charge in [0.25, 0.3) is 10.1 Å². The van der Waals surface area contributed by atoms with Crippen LogP contribution >= 0.6 is 23.2 Å². The number of nitrogens with one attached hydrogen (secondary N) is 1. The summed E-state index contributed by atoms with van der Waals surface area (Å²) in [6.07, 6.45) is 2.36. The molecule has 3 atom stereocenters. The van der Waals surface area contributed by atoms with E-state index in [2.05, 4.69) is 10.3 Å². The second-order valence-corrected chi connectivity index (χ2v) is 15.8. The fraction of sp³-hybridized carbons (Fsp3) is 0.444. The summed E-state index contributed by atoms with van der Waals surface area (Å²) in [6, 6.07) is 14.5. The smallest absolute Gasteiger partial charge is 0.340 e. The molecule has 0 bridgehead atoms. The van der Waals surface area contributed by atoms with Crippen molar-refractivity contribution in [1.82, 2.24) is 10.3 Å². The third-order valence-corrected chi connectivity index (χ3v) is 7.85. The quantitative estimate of drug-likeness (QED) is 0.118. The molecule has 0 aliphatic heterocycles. The molecule has 0 spiro atoms. The molecule has 1 N–H and O–H groups in total. The Hall–Kier alpha value is -3.55. The average Bonchev–Trinajstić information content (AvgIpc) is 2.98. The van der Waals surface area contributed by atoms with Crippen LogP contribution in [-0.2, 0) is 39.7 Å². The number of nitrogens with zero attached hydrogens (tertiary/aromatic N) is 1. The van der Waals surface area contributed by atoms with Gasteiger partial charge in [-0.05, 0) is 103 Å². The molecule has 0 saturated heterocycles. The average molecular weight is 754 g/mol. The summed E-state index contributed by atoms with van der Waals surface area (Å²) in [4.78, 5) is 40.7. The number of hydrogen-bond acceptors (Lipinski definition) is 11. The Balaban J connectivity index is 0.000000366. The first-order chi connectivity index (χ1) is 23.0. The van der Waals surface area contributed by atoms with Crippen LogP contribution in [0.2, 0.25) is 10.0 Å². The van der Waals surface area contributed by atoms with Crippen molar-refractivity contribution in [3.8, 4) is 0 Å². The van der Waals surface area contributed by atoms with Gasteiger partial charge in [0.2, 0.25) is 0 Å². The number of carbonyl (C=O) groups is 3. The second-order valence-electron chi connectivity index (χ2n) is 13.4. The summed E-state index contributed by atoms with van der Waals surface area (Å²) in [5, 5.41) is 3.74. The monoisotopic (exact) mass is 752 g/mol. The van der Waals surface area contributed by atoms with Crippen LogP contribution in [-0.4, -0.2) is 61.9 Å². The Bertz CT molecular complexity index is 1740. The topological polar surface area (TPSA) is 147 Å². The summed E-state index contributed by atoms with van der Waals surface area (Å²) >= 11 is 12.4. The van der Waals surface area contributed by atoms with Crippen molar-refractivity contribution in [2.24, 2.45) is 0 Å². The van der Waals surface area contributed by atoms with Crippen LogP contribution in [0.1, 0.15) is 105 Å². The molecule has 0 aliphatic carbocycles. The van der Waals surface area contributed by atoms with Gasteiger partial charge in [-0.2, -0.15) is 8.42 Å². The summed E-state index contributed by atoms with van der Waals surface area (Å²) in [5.74, 6) is -1.38. The van der Waals surface area contributed by atoms with Crippen LogP contribution in [0, 0.1) is 0 Å². The minimum absolute atomic E-state index is 0.186. The lowest BCUT2D eigenvalue weighted by molar-refractivity contribution is -0.143. The molecule has 274 valence electrons. The molecular formula is C36H46Cl2N2O9S. The highest BCUT2D eigenvalue weighted by Gasteiger charge is 2.25. The van der Waals surface area contributed by atoms with Crippen LogP contribution in [0.4, 0.5) is 0 Å². The highest BCUT2D eigenvalue weighted by Crippen LogP contribution is 2.27. The summed E-state index contributed by atoms with van der Waals surface area (Å²) in [6.45, 7) is 14.2. The zero-order valence-corrected chi connectivity index (χ0v) is 32.3. The maximum absolute atomic E-state index is 12.3. The van der Waals surface area contributed by atoms with E-state index in [-0.39, 0.29) is 22.6 Å². The van der Waals surface area contributed by atoms with E-state index >= 15 is 0 Å². The van der Waals surface area contributed by atoms with Gasteiger partial charge >= 0.3 is 17.9 Å². The van der Waals surface area contributed by atoms with Crippen LogP contribution in [0.15, 0.2) is 60.8 Å². The lowest BCUT2D eigenvalue weighted by Crippen LogP contribution is -2.41. The van der Waals surface area contributed by atoms with E-state index in [1.165, 1.54) is 19.2 Å². The van der Waals surface area contributed by atoms with Gasteiger partial charge in [-0.25, -0.2) is 9.59 Å². The van der Waals surface area contributed by atoms with Crippen molar-refractivity contribution in [3.63, 3.8) is 0 Å². The molecule has 1 heterocycles. The Kier molecular flexibility index (Phi) is 15.4. The van der Waals surface area contributed by atoms with E-state index in [9.17, 15) is 22.8 Å². The summed E-state index contributed by atoms with van der Waals surface area (Å²) < 4.78 is 42.6. The molecular weight excluding hydrogens is 707 g/mol. The molecule has 14 heteroatoms. The largest absolute Gasteiger partial charge is 0.468 e. The molecule has 0 saturated carbocycles. The van der Waals surface area contributed by atoms with E-state index < -0.39 is 45.4 Å². The maximum atomic E-state index is 12.3. The van der Waals surface area contributed by atoms with Crippen molar-refractivity contribution in [3.05, 3.63) is 98.8 Å². The van der Waals surface area contributed by atoms with Crippen LogP contribution in [0.5, 0.6) is 0 Å². The first-order valence-corrected chi connectivity index (χ1v) is 18.2. The third-order valence-electron chi connectivity index (χ3n) is 6.59. The molecule has 11 nitrogen and oxygen atoms in total. The first kappa shape index (κ1) is 42.6. The highest BCUT2D eigenvalue weighted by atomic mass is 35.5. The molecule has 1 aromatic heterocycles. The van der Waals surface area contributed by atoms with Crippen molar-refractivity contribution in [2.75, 3.05) is 13.4 Å². The molecule has 0 aliphatic rings. The standard InChI is InChI=1S/C22H27ClN2O4.C14H19ClO5S/c1-14(25-19(21(27)28-5)13-16-8-6-7-11-24-16)15-9-10-17(18(23)12-15)20(26)29-22(2,3)4;1-9(20-21(5,17)18)10-6-7-11(12(15)8-10)13(16)19-14(2,3)4/h6-12,14,19,25H,13H2,1-5H3;6-9H,1-5H3/t14?,19-;/m1./s1. The number of pyridine rings is 1. The second kappa shape index (κ2) is 18.1. The predicted molar refractivity (Wildman–Crippen MR) is 193 cm³/mol. The Morgan fingerprint density at radius 2 is 1.32 bits per heavy atom. The number of benzene rings is 2. The van der Waals surface area contributed by atoms with Crippen molar-refractivity contribution in [1.29, 1.82) is 0 Å². The van der Waals surface area contributed by atoms with Crippen molar-refractivity contribution >= 4 is 51.2 Å². The first-order valence-electron chi connectivity index (χ1n) is 15.7. The number of aromatic nitrogens is 1. The third kappa shape index (κ3) is 14.7. The summed E-state index contributed by atoms with van der Waals surface area (Å²) in [7, 11) is -2.22. The van der Waals surface area contributed by atoms with Gasteiger partial charge in [0.15, 0.2) is 0 Å². The SMILES string of the molecule is CC(OS(C)(=O)=O)c1ccc(C(=O)OC(C)(C)C)c(Cl)c1.COC(=O)[C@@H](Cc1ccccn1)NC(C)c1ccc(C(=O)OC(C)(C)C)c(Cl)c1. The number of hydrogen-bond donors (Lipinski definition) is 1. The van der Waals surface area contributed by atoms with Crippen molar-refractivity contribution in [2.45, 2.75) is 91.2 Å². The van der Waals surface area contributed by atoms with E-state index in [4.69, 9.17) is 41.6 Å². The van der Waals surface area contributed by atoms with Gasteiger partial charge in [-0.3, -0.25) is 19.3 Å². The van der Waals surface area contributed by atoms with Crippen LogP contribution in [0.3, 0.4) is 0 Å². The van der Waals surface area contributed by atoms with Crippen LogP contribution < -0.4 is 5.32 Å². The van der Waals surface area contributed by atoms with Gasteiger partial charge < -0.3 is 14.2 Å². The minimum Gasteiger partial charge on any atom is -0.468 e. The Morgan fingerprint density at radius 1 is 0.820 bits per heavy atom. The van der Waals surface area contributed by atoms with E-state index in [0.717, 1.165) is 17.5 Å². The highest BCUT2D eigenvalue weighted by molar-refractivity contribution is 7.86. The van der Waals surface area contributed by atoms with Gasteiger partial charge in [0.05, 0.1) is 40.6 Å². The molecule has 3 aromatic rings. The molecule has 3 rings (SSSR count). The Morgan fingerprint density at radius 3 is 1.74 bits per heavy atom. The number of ether oxygens (including phenoxy) is 3.